The standard InChI is InChI=1S/C16H20FN3/c1-12-9-13(5-6-14(12)17)10-19-15-3-2-4-16(15)20-8-7-18-11-20/h5-9,11,15-16,19H,2-4,10H2,1H3. The van der Waals surface area contributed by atoms with Crippen molar-refractivity contribution in [1.82, 2.24) is 14.9 Å². The zero-order valence-electron chi connectivity index (χ0n) is 11.7. The van der Waals surface area contributed by atoms with E-state index in [1.54, 1.807) is 6.07 Å². The molecule has 0 amide bonds. The van der Waals surface area contributed by atoms with Crippen LogP contribution in [0.5, 0.6) is 0 Å². The molecule has 2 unspecified atom stereocenters. The van der Waals surface area contributed by atoms with Gasteiger partial charge in [-0.2, -0.15) is 0 Å². The van der Waals surface area contributed by atoms with Crippen LogP contribution in [0.25, 0.3) is 0 Å². The molecular formula is C16H20FN3. The number of nitrogens with zero attached hydrogens (tertiary/aromatic N) is 2. The second-order valence-electron chi connectivity index (χ2n) is 5.58. The van der Waals surface area contributed by atoms with Gasteiger partial charge in [0.1, 0.15) is 5.82 Å². The van der Waals surface area contributed by atoms with E-state index < -0.39 is 0 Å². The Hall–Kier alpha value is -1.68. The van der Waals surface area contributed by atoms with Gasteiger partial charge in [-0.15, -0.1) is 0 Å². The van der Waals surface area contributed by atoms with Crippen LogP contribution in [-0.4, -0.2) is 15.6 Å². The van der Waals surface area contributed by atoms with Gasteiger partial charge < -0.3 is 9.88 Å². The summed E-state index contributed by atoms with van der Waals surface area (Å²) in [5.74, 6) is -0.133. The van der Waals surface area contributed by atoms with Crippen molar-refractivity contribution in [3.8, 4) is 0 Å². The summed E-state index contributed by atoms with van der Waals surface area (Å²) in [6.45, 7) is 2.60. The van der Waals surface area contributed by atoms with E-state index in [1.807, 2.05) is 37.8 Å². The molecule has 0 aliphatic heterocycles. The first kappa shape index (κ1) is 13.3. The minimum atomic E-state index is -0.133. The summed E-state index contributed by atoms with van der Waals surface area (Å²) < 4.78 is 15.5. The minimum absolute atomic E-state index is 0.133. The van der Waals surface area contributed by atoms with Crippen LogP contribution in [-0.2, 0) is 6.54 Å². The van der Waals surface area contributed by atoms with Crippen molar-refractivity contribution >= 4 is 0 Å². The predicted molar refractivity (Wildman–Crippen MR) is 76.9 cm³/mol. The normalized spacial score (nSPS) is 22.3. The molecule has 0 bridgehead atoms. The summed E-state index contributed by atoms with van der Waals surface area (Å²) in [4.78, 5) is 4.13. The molecule has 1 aromatic heterocycles. The average molecular weight is 273 g/mol. The number of nitrogens with one attached hydrogen (secondary N) is 1. The molecule has 0 saturated heterocycles. The highest BCUT2D eigenvalue weighted by Crippen LogP contribution is 2.30. The zero-order chi connectivity index (χ0) is 13.9. The highest BCUT2D eigenvalue weighted by molar-refractivity contribution is 5.23. The lowest BCUT2D eigenvalue weighted by Gasteiger charge is -2.22. The number of hydrogen-bond donors (Lipinski definition) is 1. The van der Waals surface area contributed by atoms with Crippen molar-refractivity contribution in [3.05, 3.63) is 53.9 Å². The molecule has 1 aliphatic carbocycles. The van der Waals surface area contributed by atoms with Gasteiger partial charge in [0.25, 0.3) is 0 Å². The zero-order valence-corrected chi connectivity index (χ0v) is 11.7. The maximum Gasteiger partial charge on any atom is 0.126 e. The summed E-state index contributed by atoms with van der Waals surface area (Å²) in [5, 5.41) is 3.61. The van der Waals surface area contributed by atoms with E-state index in [4.69, 9.17) is 0 Å². The van der Waals surface area contributed by atoms with Crippen molar-refractivity contribution in [3.63, 3.8) is 0 Å². The molecule has 2 aromatic rings. The van der Waals surface area contributed by atoms with Crippen LogP contribution in [0.4, 0.5) is 4.39 Å². The SMILES string of the molecule is Cc1cc(CNC2CCCC2n2ccnc2)ccc1F. The molecule has 1 aromatic carbocycles. The number of hydrogen-bond acceptors (Lipinski definition) is 2. The molecule has 3 nitrogen and oxygen atoms in total. The van der Waals surface area contributed by atoms with Gasteiger partial charge in [-0.05, 0) is 43.4 Å². The van der Waals surface area contributed by atoms with Gasteiger partial charge in [-0.25, -0.2) is 9.37 Å². The highest BCUT2D eigenvalue weighted by atomic mass is 19.1. The van der Waals surface area contributed by atoms with Gasteiger partial charge in [0.2, 0.25) is 0 Å². The van der Waals surface area contributed by atoms with E-state index in [0.29, 0.717) is 17.6 Å². The third kappa shape index (κ3) is 2.75. The van der Waals surface area contributed by atoms with E-state index in [9.17, 15) is 4.39 Å². The third-order valence-electron chi connectivity index (χ3n) is 4.18. The Kier molecular flexibility index (Phi) is 3.83. The van der Waals surface area contributed by atoms with Crippen LogP contribution < -0.4 is 5.32 Å². The summed E-state index contributed by atoms with van der Waals surface area (Å²) in [6, 6.07) is 6.28. The fourth-order valence-corrected chi connectivity index (χ4v) is 3.07. The van der Waals surface area contributed by atoms with E-state index in [2.05, 4.69) is 14.9 Å². The van der Waals surface area contributed by atoms with E-state index in [-0.39, 0.29) is 5.82 Å². The molecular weight excluding hydrogens is 253 g/mol. The van der Waals surface area contributed by atoms with Gasteiger partial charge >= 0.3 is 0 Å². The molecule has 0 spiro atoms. The topological polar surface area (TPSA) is 29.9 Å². The second-order valence-corrected chi connectivity index (χ2v) is 5.58. The Balaban J connectivity index is 1.64. The summed E-state index contributed by atoms with van der Waals surface area (Å²) in [6.07, 6.45) is 9.38. The Labute approximate surface area is 118 Å². The third-order valence-corrected chi connectivity index (χ3v) is 4.18. The van der Waals surface area contributed by atoms with Crippen LogP contribution in [0.2, 0.25) is 0 Å². The van der Waals surface area contributed by atoms with Crippen LogP contribution in [0, 0.1) is 12.7 Å². The molecule has 20 heavy (non-hydrogen) atoms. The van der Waals surface area contributed by atoms with E-state index in [0.717, 1.165) is 12.1 Å². The van der Waals surface area contributed by atoms with E-state index in [1.165, 1.54) is 19.3 Å². The first-order valence-corrected chi connectivity index (χ1v) is 7.20. The first-order chi connectivity index (χ1) is 9.74. The van der Waals surface area contributed by atoms with Crippen LogP contribution in [0.15, 0.2) is 36.9 Å². The van der Waals surface area contributed by atoms with Crippen molar-refractivity contribution in [2.24, 2.45) is 0 Å². The molecule has 0 radical (unpaired) electrons. The number of benzene rings is 1. The fraction of sp³-hybridized carbons (Fsp3) is 0.438. The molecule has 106 valence electrons. The molecule has 4 heteroatoms. The Morgan fingerprint density at radius 1 is 1.40 bits per heavy atom. The summed E-state index contributed by atoms with van der Waals surface area (Å²) in [7, 11) is 0. The Morgan fingerprint density at radius 3 is 3.05 bits per heavy atom. The predicted octanol–water partition coefficient (Wildman–Crippen LogP) is 3.21. The van der Waals surface area contributed by atoms with Gasteiger partial charge in [0.15, 0.2) is 0 Å². The maximum absolute atomic E-state index is 13.3. The summed E-state index contributed by atoms with van der Waals surface area (Å²) >= 11 is 0. The van der Waals surface area contributed by atoms with Crippen molar-refractivity contribution < 1.29 is 4.39 Å². The quantitative estimate of drug-likeness (QED) is 0.927. The number of halogens is 1. The average Bonchev–Trinajstić information content (AvgIpc) is 3.09. The smallest absolute Gasteiger partial charge is 0.126 e. The molecule has 1 fully saturated rings. The van der Waals surface area contributed by atoms with Crippen LogP contribution >= 0.6 is 0 Å². The first-order valence-electron chi connectivity index (χ1n) is 7.20. The number of aromatic nitrogens is 2. The van der Waals surface area contributed by atoms with E-state index >= 15 is 0 Å². The highest BCUT2D eigenvalue weighted by Gasteiger charge is 2.27. The lowest BCUT2D eigenvalue weighted by Crippen LogP contribution is -2.33. The molecule has 3 rings (SSSR count). The van der Waals surface area contributed by atoms with Crippen molar-refractivity contribution in [2.45, 2.75) is 44.8 Å². The molecule has 1 saturated carbocycles. The molecule has 2 atom stereocenters. The number of aryl methyl sites for hydroxylation is 1. The molecule has 1 N–H and O–H groups in total. The fourth-order valence-electron chi connectivity index (χ4n) is 3.07. The van der Waals surface area contributed by atoms with Crippen molar-refractivity contribution in [2.75, 3.05) is 0 Å². The van der Waals surface area contributed by atoms with Crippen molar-refractivity contribution in [1.29, 1.82) is 0 Å². The van der Waals surface area contributed by atoms with Gasteiger partial charge in [0, 0.05) is 31.0 Å². The Bertz CT molecular complexity index is 565. The van der Waals surface area contributed by atoms with Gasteiger partial charge in [0.05, 0.1) is 6.33 Å². The maximum atomic E-state index is 13.3. The lowest BCUT2D eigenvalue weighted by atomic mass is 10.1. The van der Waals surface area contributed by atoms with Crippen LogP contribution in [0.3, 0.4) is 0 Å². The number of rotatable bonds is 4. The summed E-state index contributed by atoms with van der Waals surface area (Å²) in [5.41, 5.74) is 1.85. The second kappa shape index (κ2) is 5.75. The number of imidazole rings is 1. The monoisotopic (exact) mass is 273 g/mol. The largest absolute Gasteiger partial charge is 0.333 e. The molecule has 1 heterocycles. The Morgan fingerprint density at radius 2 is 2.30 bits per heavy atom. The van der Waals surface area contributed by atoms with Gasteiger partial charge in [-0.1, -0.05) is 12.1 Å². The van der Waals surface area contributed by atoms with Crippen LogP contribution in [0.1, 0.15) is 36.4 Å². The molecule has 1 aliphatic rings. The van der Waals surface area contributed by atoms with Gasteiger partial charge in [-0.3, -0.25) is 0 Å². The minimum Gasteiger partial charge on any atom is -0.333 e. The lowest BCUT2D eigenvalue weighted by molar-refractivity contribution is 0.390.